The number of oxime groups is 1. The number of anilines is 1. The van der Waals surface area contributed by atoms with E-state index in [1.807, 2.05) is 0 Å². The molecule has 0 bridgehead atoms. The molecule has 2 aliphatic rings. The molecule has 0 saturated carbocycles. The van der Waals surface area contributed by atoms with E-state index in [2.05, 4.69) is 24.7 Å². The Morgan fingerprint density at radius 1 is 1.41 bits per heavy atom. The van der Waals surface area contributed by atoms with Crippen LogP contribution in [0.25, 0.3) is 0 Å². The van der Waals surface area contributed by atoms with Gasteiger partial charge in [-0.1, -0.05) is 5.16 Å². The summed E-state index contributed by atoms with van der Waals surface area (Å²) in [6.07, 6.45) is 0. The number of nitrogens with one attached hydrogen (secondary N) is 1. The lowest BCUT2D eigenvalue weighted by molar-refractivity contribution is -0.150. The van der Waals surface area contributed by atoms with Gasteiger partial charge in [0.1, 0.15) is 17.1 Å². The van der Waals surface area contributed by atoms with Crippen LogP contribution in [0.15, 0.2) is 16.4 Å². The Hall–Kier alpha value is -3.20. The molecule has 13 nitrogen and oxygen atoms in total. The van der Waals surface area contributed by atoms with Gasteiger partial charge in [-0.15, -0.1) is 11.8 Å². The average Bonchev–Trinajstić information content (AvgIpc) is 3.08. The van der Waals surface area contributed by atoms with Crippen LogP contribution in [0.3, 0.4) is 0 Å². The number of carbonyl (C=O) groups excluding carboxylic acids is 2. The molecule has 0 radical (unpaired) electrons. The van der Waals surface area contributed by atoms with Crippen LogP contribution in [0.1, 0.15) is 12.7 Å². The van der Waals surface area contributed by atoms with Gasteiger partial charge in [-0.05, 0) is 12.5 Å². The molecular formula is C14H14N6O7S2. The molecule has 3 rings (SSSR count). The number of aliphatic carboxylic acids is 2. The summed E-state index contributed by atoms with van der Waals surface area (Å²) in [5.41, 5.74) is 5.48. The first kappa shape index (κ1) is 20.5. The topological polar surface area (TPSA) is 197 Å². The van der Waals surface area contributed by atoms with E-state index in [1.165, 1.54) is 11.8 Å². The molecule has 1 fully saturated rings. The third-order valence-corrected chi connectivity index (χ3v) is 5.83. The van der Waals surface area contributed by atoms with Crippen LogP contribution in [-0.2, 0) is 24.0 Å². The Morgan fingerprint density at radius 2 is 2.14 bits per heavy atom. The number of β-lactam (4-membered cyclic amide) rings is 1. The summed E-state index contributed by atoms with van der Waals surface area (Å²) in [6.45, 7) is 0.811. The van der Waals surface area contributed by atoms with E-state index >= 15 is 0 Å². The van der Waals surface area contributed by atoms with Crippen molar-refractivity contribution in [2.45, 2.75) is 18.3 Å². The summed E-state index contributed by atoms with van der Waals surface area (Å²) in [5.74, 6) is -3.84. The van der Waals surface area contributed by atoms with Gasteiger partial charge in [-0.3, -0.25) is 14.5 Å². The van der Waals surface area contributed by atoms with Crippen LogP contribution < -0.4 is 11.1 Å². The van der Waals surface area contributed by atoms with Crippen LogP contribution in [0, 0.1) is 0 Å². The van der Waals surface area contributed by atoms with Crippen molar-refractivity contribution in [1.29, 1.82) is 0 Å². The zero-order valence-electron chi connectivity index (χ0n) is 14.7. The van der Waals surface area contributed by atoms with Crippen molar-refractivity contribution in [2.24, 2.45) is 5.16 Å². The Balaban J connectivity index is 1.78. The Morgan fingerprint density at radius 3 is 2.72 bits per heavy atom. The first-order valence-corrected chi connectivity index (χ1v) is 9.72. The van der Waals surface area contributed by atoms with Crippen molar-refractivity contribution in [3.8, 4) is 0 Å². The fraction of sp³-hybridized carbons (Fsp3) is 0.357. The predicted molar refractivity (Wildman–Crippen MR) is 99.8 cm³/mol. The number of carbonyl (C=O) groups is 4. The number of hydrogen-bond acceptors (Lipinski definition) is 11. The van der Waals surface area contributed by atoms with Gasteiger partial charge in [0.15, 0.2) is 5.13 Å². The monoisotopic (exact) mass is 442 g/mol. The van der Waals surface area contributed by atoms with E-state index in [-0.39, 0.29) is 16.7 Å². The van der Waals surface area contributed by atoms with Crippen molar-refractivity contribution in [3.63, 3.8) is 0 Å². The van der Waals surface area contributed by atoms with Gasteiger partial charge in [0, 0.05) is 17.3 Å². The summed E-state index contributed by atoms with van der Waals surface area (Å²) in [4.78, 5) is 56.6. The third kappa shape index (κ3) is 4.00. The van der Waals surface area contributed by atoms with E-state index < -0.39 is 47.5 Å². The molecule has 2 amide bonds. The second kappa shape index (κ2) is 8.04. The van der Waals surface area contributed by atoms with Gasteiger partial charge in [-0.2, -0.15) is 9.36 Å². The van der Waals surface area contributed by atoms with Crippen LogP contribution in [0.4, 0.5) is 5.13 Å². The van der Waals surface area contributed by atoms with Crippen molar-refractivity contribution >= 4 is 57.9 Å². The van der Waals surface area contributed by atoms with Gasteiger partial charge in [0.05, 0.1) is 0 Å². The zero-order chi connectivity index (χ0) is 21.3. The highest BCUT2D eigenvalue weighted by molar-refractivity contribution is 8.00. The number of nitrogens with zero attached hydrogens (tertiary/aromatic N) is 4. The zero-order valence-corrected chi connectivity index (χ0v) is 16.3. The minimum absolute atomic E-state index is 0.0409. The molecule has 0 spiro atoms. The molecule has 1 unspecified atom stereocenters. The number of rotatable bonds is 7. The summed E-state index contributed by atoms with van der Waals surface area (Å²) in [7, 11) is 0. The summed E-state index contributed by atoms with van der Waals surface area (Å²) < 4.78 is 3.83. The number of nitrogens with two attached hydrogens (primary N) is 1. The highest BCUT2D eigenvalue weighted by Gasteiger charge is 2.54. The quantitative estimate of drug-likeness (QED) is 0.222. The van der Waals surface area contributed by atoms with Gasteiger partial charge in [-0.25, -0.2) is 9.59 Å². The summed E-state index contributed by atoms with van der Waals surface area (Å²) >= 11 is 2.08. The number of carboxylic acid groups (broad SMARTS) is 2. The molecule has 154 valence electrons. The van der Waals surface area contributed by atoms with Gasteiger partial charge in [0.2, 0.25) is 18.1 Å². The number of hydrogen-bond donors (Lipinski definition) is 4. The highest BCUT2D eigenvalue weighted by atomic mass is 32.2. The standard InChI is InChI=1S/C14H14N6O7S2/c1-4-3-28-12-7(11(24)20(12)8(4)13(25)26)16-10(23)6(18-27-2-5(21)22)9-17-14(15)29-19-9/h7,12H,2-3H2,1H3,(H,16,23)(H,21,22)(H,25,26)(H2,15,17,19)/t7?,12-/m0/s1. The Bertz CT molecular complexity index is 958. The fourth-order valence-corrected chi connectivity index (χ4v) is 4.38. The van der Waals surface area contributed by atoms with Gasteiger partial charge >= 0.3 is 11.9 Å². The maximum atomic E-state index is 12.6. The van der Waals surface area contributed by atoms with Crippen LogP contribution in [0.2, 0.25) is 0 Å². The van der Waals surface area contributed by atoms with Gasteiger partial charge < -0.3 is 26.1 Å². The molecule has 0 aliphatic carbocycles. The summed E-state index contributed by atoms with van der Waals surface area (Å²) in [6, 6.07) is -1.00. The average molecular weight is 442 g/mol. The molecular weight excluding hydrogens is 428 g/mol. The maximum absolute atomic E-state index is 12.6. The maximum Gasteiger partial charge on any atom is 0.352 e. The van der Waals surface area contributed by atoms with E-state index in [0.29, 0.717) is 11.3 Å². The normalized spacial score (nSPS) is 21.3. The first-order chi connectivity index (χ1) is 13.7. The Labute approximate surface area is 170 Å². The number of thioether (sulfide) groups is 1. The molecule has 1 aromatic heterocycles. The van der Waals surface area contributed by atoms with Crippen molar-refractivity contribution in [1.82, 2.24) is 19.6 Å². The highest BCUT2D eigenvalue weighted by Crippen LogP contribution is 2.40. The van der Waals surface area contributed by atoms with Crippen molar-refractivity contribution in [2.75, 3.05) is 18.1 Å². The van der Waals surface area contributed by atoms with E-state index in [1.54, 1.807) is 6.92 Å². The minimum atomic E-state index is -1.31. The minimum Gasteiger partial charge on any atom is -0.479 e. The smallest absolute Gasteiger partial charge is 0.352 e. The second-order valence-electron chi connectivity index (χ2n) is 5.86. The van der Waals surface area contributed by atoms with Crippen molar-refractivity contribution in [3.05, 3.63) is 17.1 Å². The summed E-state index contributed by atoms with van der Waals surface area (Å²) in [5, 5.41) is 23.3. The van der Waals surface area contributed by atoms with Gasteiger partial charge in [0.25, 0.3) is 11.8 Å². The Kier molecular flexibility index (Phi) is 5.69. The molecule has 15 heteroatoms. The lowest BCUT2D eigenvalue weighted by Gasteiger charge is -2.49. The fourth-order valence-electron chi connectivity index (χ4n) is 2.65. The predicted octanol–water partition coefficient (Wildman–Crippen LogP) is -1.32. The van der Waals surface area contributed by atoms with Crippen LogP contribution in [-0.4, -0.2) is 77.7 Å². The lowest BCUT2D eigenvalue weighted by Crippen LogP contribution is -2.71. The van der Waals surface area contributed by atoms with E-state index in [9.17, 15) is 24.3 Å². The van der Waals surface area contributed by atoms with Crippen LogP contribution >= 0.6 is 23.3 Å². The van der Waals surface area contributed by atoms with Crippen molar-refractivity contribution < 1.29 is 34.2 Å². The molecule has 2 aliphatic heterocycles. The number of nitrogen functional groups attached to an aromatic ring is 1. The molecule has 1 saturated heterocycles. The van der Waals surface area contributed by atoms with Crippen LogP contribution in [0.5, 0.6) is 0 Å². The van der Waals surface area contributed by atoms with E-state index in [4.69, 9.17) is 10.8 Å². The number of carboxylic acids is 2. The molecule has 2 atom stereocenters. The molecule has 5 N–H and O–H groups in total. The molecule has 1 aromatic rings. The SMILES string of the molecule is CC1=C(C(=O)O)N2C(=O)C(NC(=O)C(=NOCC(=O)O)c3nsc(N)n3)[C@@H]2SC1. The molecule has 3 heterocycles. The van der Waals surface area contributed by atoms with E-state index in [0.717, 1.165) is 16.4 Å². The third-order valence-electron chi connectivity index (χ3n) is 3.86. The molecule has 0 aromatic carbocycles. The lowest BCUT2D eigenvalue weighted by atomic mass is 10.0. The molecule has 29 heavy (non-hydrogen) atoms. The number of fused-ring (bicyclic) bond motifs is 1. The first-order valence-electron chi connectivity index (χ1n) is 7.90. The second-order valence-corrected chi connectivity index (χ2v) is 7.75. The largest absolute Gasteiger partial charge is 0.479 e. The number of amides is 2. The number of aromatic nitrogens is 2.